The Morgan fingerprint density at radius 2 is 2.06 bits per heavy atom. The van der Waals surface area contributed by atoms with E-state index < -0.39 is 0 Å². The molecule has 94 valence electrons. The molecule has 0 fully saturated rings. The molecular weight excluding hydrogens is 234 g/mol. The fourth-order valence-electron chi connectivity index (χ4n) is 1.82. The molecule has 0 N–H and O–H groups in total. The largest absolute Gasteiger partial charge is 0.454 e. The second kappa shape index (κ2) is 4.21. The number of rotatable bonds is 3. The van der Waals surface area contributed by atoms with Crippen LogP contribution in [0.3, 0.4) is 0 Å². The molecule has 0 amide bonds. The molecule has 6 heteroatoms. The molecule has 1 aromatic carbocycles. The Hall–Kier alpha value is -2.24. The molecule has 0 unspecified atom stereocenters. The van der Waals surface area contributed by atoms with Crippen molar-refractivity contribution in [2.75, 3.05) is 18.7 Å². The van der Waals surface area contributed by atoms with Crippen LogP contribution in [-0.2, 0) is 6.54 Å². The highest BCUT2D eigenvalue weighted by atomic mass is 16.7. The highest BCUT2D eigenvalue weighted by Crippen LogP contribution is 2.35. The van der Waals surface area contributed by atoms with E-state index in [-0.39, 0.29) is 6.79 Å². The smallest absolute Gasteiger partial charge is 0.235 e. The average molecular weight is 247 g/mol. The fraction of sp³-hybridized carbons (Fsp3) is 0.333. The van der Waals surface area contributed by atoms with E-state index in [2.05, 4.69) is 10.2 Å². The number of nitrogens with zero attached hydrogens (tertiary/aromatic N) is 3. The summed E-state index contributed by atoms with van der Waals surface area (Å²) in [5.74, 6) is 2.71. The van der Waals surface area contributed by atoms with Gasteiger partial charge in [-0.15, -0.1) is 10.2 Å². The Bertz CT molecular complexity index is 567. The predicted molar refractivity (Wildman–Crippen MR) is 63.7 cm³/mol. The topological polar surface area (TPSA) is 60.6 Å². The van der Waals surface area contributed by atoms with Crippen molar-refractivity contribution in [1.29, 1.82) is 0 Å². The van der Waals surface area contributed by atoms with E-state index in [0.29, 0.717) is 18.3 Å². The molecular formula is C12H13N3O3. The normalized spacial score (nSPS) is 12.8. The van der Waals surface area contributed by atoms with Crippen molar-refractivity contribution in [1.82, 2.24) is 10.2 Å². The number of aromatic nitrogens is 2. The van der Waals surface area contributed by atoms with Crippen LogP contribution in [0.4, 0.5) is 5.69 Å². The van der Waals surface area contributed by atoms with Gasteiger partial charge in [0.05, 0.1) is 6.54 Å². The van der Waals surface area contributed by atoms with E-state index in [9.17, 15) is 0 Å². The number of ether oxygens (including phenoxy) is 2. The standard InChI is InChI=1S/C12H13N3O3/c1-8-13-14-12(18-8)6-15(2)9-3-4-10-11(5-9)17-7-16-10/h3-5H,6-7H2,1-2H3. The molecule has 1 aromatic heterocycles. The van der Waals surface area contributed by atoms with Crippen LogP contribution in [0, 0.1) is 6.92 Å². The summed E-state index contributed by atoms with van der Waals surface area (Å²) in [7, 11) is 1.96. The molecule has 3 rings (SSSR count). The van der Waals surface area contributed by atoms with Gasteiger partial charge in [-0.3, -0.25) is 0 Å². The summed E-state index contributed by atoms with van der Waals surface area (Å²) in [5.41, 5.74) is 1.01. The molecule has 0 atom stereocenters. The first-order chi connectivity index (χ1) is 8.72. The summed E-state index contributed by atoms with van der Waals surface area (Å²) in [6.07, 6.45) is 0. The number of fused-ring (bicyclic) bond motifs is 1. The van der Waals surface area contributed by atoms with Crippen molar-refractivity contribution in [2.24, 2.45) is 0 Å². The van der Waals surface area contributed by atoms with E-state index in [1.54, 1.807) is 6.92 Å². The first kappa shape index (κ1) is 10.9. The molecule has 0 saturated carbocycles. The Kier molecular flexibility index (Phi) is 2.55. The molecule has 18 heavy (non-hydrogen) atoms. The van der Waals surface area contributed by atoms with Gasteiger partial charge in [-0.2, -0.15) is 0 Å². The Morgan fingerprint density at radius 1 is 1.22 bits per heavy atom. The summed E-state index contributed by atoms with van der Waals surface area (Å²) >= 11 is 0. The third-order valence-electron chi connectivity index (χ3n) is 2.74. The number of hydrogen-bond donors (Lipinski definition) is 0. The van der Waals surface area contributed by atoms with Crippen molar-refractivity contribution in [3.63, 3.8) is 0 Å². The van der Waals surface area contributed by atoms with Crippen LogP contribution in [0.5, 0.6) is 11.5 Å². The minimum absolute atomic E-state index is 0.283. The van der Waals surface area contributed by atoms with Crippen LogP contribution in [0.1, 0.15) is 11.8 Å². The lowest BCUT2D eigenvalue weighted by Crippen LogP contribution is -2.16. The van der Waals surface area contributed by atoms with Crippen molar-refractivity contribution < 1.29 is 13.9 Å². The van der Waals surface area contributed by atoms with Gasteiger partial charge in [-0.05, 0) is 12.1 Å². The highest BCUT2D eigenvalue weighted by molar-refractivity contribution is 5.56. The molecule has 0 saturated heterocycles. The number of benzene rings is 1. The lowest BCUT2D eigenvalue weighted by Gasteiger charge is -2.17. The summed E-state index contributed by atoms with van der Waals surface area (Å²) in [4.78, 5) is 2.01. The van der Waals surface area contributed by atoms with Crippen molar-refractivity contribution in [3.05, 3.63) is 30.0 Å². The SMILES string of the molecule is Cc1nnc(CN(C)c2ccc3c(c2)OCO3)o1. The molecule has 1 aliphatic heterocycles. The Labute approximate surface area is 104 Å². The van der Waals surface area contributed by atoms with Crippen LogP contribution in [-0.4, -0.2) is 24.0 Å². The van der Waals surface area contributed by atoms with Gasteiger partial charge in [-0.1, -0.05) is 0 Å². The van der Waals surface area contributed by atoms with E-state index in [1.165, 1.54) is 0 Å². The monoisotopic (exact) mass is 247 g/mol. The molecule has 0 bridgehead atoms. The van der Waals surface area contributed by atoms with E-state index in [4.69, 9.17) is 13.9 Å². The number of hydrogen-bond acceptors (Lipinski definition) is 6. The Balaban J connectivity index is 1.78. The minimum Gasteiger partial charge on any atom is -0.454 e. The van der Waals surface area contributed by atoms with E-state index >= 15 is 0 Å². The fourth-order valence-corrected chi connectivity index (χ4v) is 1.82. The van der Waals surface area contributed by atoms with Gasteiger partial charge in [0.15, 0.2) is 11.5 Å². The first-order valence-electron chi connectivity index (χ1n) is 5.62. The van der Waals surface area contributed by atoms with Crippen LogP contribution in [0.2, 0.25) is 0 Å². The van der Waals surface area contributed by atoms with Gasteiger partial charge >= 0.3 is 0 Å². The maximum Gasteiger partial charge on any atom is 0.235 e. The summed E-state index contributed by atoms with van der Waals surface area (Å²) in [6.45, 7) is 2.61. The number of aryl methyl sites for hydroxylation is 1. The van der Waals surface area contributed by atoms with E-state index in [0.717, 1.165) is 17.2 Å². The van der Waals surface area contributed by atoms with Crippen LogP contribution in [0.15, 0.2) is 22.6 Å². The molecule has 0 spiro atoms. The molecule has 1 aliphatic rings. The zero-order chi connectivity index (χ0) is 12.5. The van der Waals surface area contributed by atoms with Gasteiger partial charge in [0.1, 0.15) is 0 Å². The molecule has 0 radical (unpaired) electrons. The minimum atomic E-state index is 0.283. The van der Waals surface area contributed by atoms with Crippen molar-refractivity contribution in [2.45, 2.75) is 13.5 Å². The molecule has 6 nitrogen and oxygen atoms in total. The lowest BCUT2D eigenvalue weighted by molar-refractivity contribution is 0.174. The highest BCUT2D eigenvalue weighted by Gasteiger charge is 2.15. The summed E-state index contributed by atoms with van der Waals surface area (Å²) in [6, 6.07) is 5.80. The summed E-state index contributed by atoms with van der Waals surface area (Å²) in [5, 5.41) is 7.77. The second-order valence-corrected chi connectivity index (χ2v) is 4.11. The molecule has 2 aromatic rings. The van der Waals surface area contributed by atoms with Crippen molar-refractivity contribution in [3.8, 4) is 11.5 Å². The van der Waals surface area contributed by atoms with Gasteiger partial charge in [0.2, 0.25) is 18.6 Å². The van der Waals surface area contributed by atoms with Crippen molar-refractivity contribution >= 4 is 5.69 Å². The predicted octanol–water partition coefficient (Wildman–Crippen LogP) is 1.74. The third-order valence-corrected chi connectivity index (χ3v) is 2.74. The van der Waals surface area contributed by atoms with Gasteiger partial charge in [0.25, 0.3) is 0 Å². The zero-order valence-corrected chi connectivity index (χ0v) is 10.2. The zero-order valence-electron chi connectivity index (χ0n) is 10.2. The van der Waals surface area contributed by atoms with Crippen LogP contribution in [0.25, 0.3) is 0 Å². The maximum absolute atomic E-state index is 5.35. The van der Waals surface area contributed by atoms with Crippen LogP contribution < -0.4 is 14.4 Å². The van der Waals surface area contributed by atoms with Gasteiger partial charge < -0.3 is 18.8 Å². The summed E-state index contributed by atoms with van der Waals surface area (Å²) < 4.78 is 16.0. The second-order valence-electron chi connectivity index (χ2n) is 4.11. The van der Waals surface area contributed by atoms with Gasteiger partial charge in [0, 0.05) is 25.7 Å². The van der Waals surface area contributed by atoms with E-state index in [1.807, 2.05) is 30.1 Å². The molecule has 0 aliphatic carbocycles. The first-order valence-corrected chi connectivity index (χ1v) is 5.62. The quantitative estimate of drug-likeness (QED) is 0.823. The number of anilines is 1. The third kappa shape index (κ3) is 1.97. The lowest BCUT2D eigenvalue weighted by atomic mass is 10.2. The van der Waals surface area contributed by atoms with Crippen LogP contribution >= 0.6 is 0 Å². The Morgan fingerprint density at radius 3 is 2.83 bits per heavy atom. The average Bonchev–Trinajstić information content (AvgIpc) is 2.96. The van der Waals surface area contributed by atoms with Gasteiger partial charge in [-0.25, -0.2) is 0 Å². The molecule has 2 heterocycles. The maximum atomic E-state index is 5.35.